The predicted octanol–water partition coefficient (Wildman–Crippen LogP) is 2.42. The highest BCUT2D eigenvalue weighted by atomic mass is 19.4. The van der Waals surface area contributed by atoms with Crippen LogP contribution in [0, 0.1) is 5.41 Å². The Morgan fingerprint density at radius 1 is 0.706 bits per heavy atom. The molecule has 13 heteroatoms. The zero-order valence-corrected chi connectivity index (χ0v) is 20.0. The summed E-state index contributed by atoms with van der Waals surface area (Å²) >= 11 is 0. The molecular weight excluding hydrogens is 469 g/mol. The second kappa shape index (κ2) is 11.3. The minimum Gasteiger partial charge on any atom is -0.462 e. The number of carbonyl (C=O) groups excluding carboxylic acids is 5. The predicted molar refractivity (Wildman–Crippen MR) is 108 cm³/mol. The lowest BCUT2D eigenvalue weighted by molar-refractivity contribution is -0.266. The highest BCUT2D eigenvalue weighted by Gasteiger charge is 2.61. The molecule has 2 unspecified atom stereocenters. The lowest BCUT2D eigenvalue weighted by Crippen LogP contribution is -2.54. The Kier molecular flexibility index (Phi) is 10.3. The molecule has 0 aliphatic heterocycles. The van der Waals surface area contributed by atoms with E-state index in [1.54, 1.807) is 0 Å². The number of ether oxygens (including phenoxy) is 5. The third kappa shape index (κ3) is 9.02. The van der Waals surface area contributed by atoms with E-state index in [2.05, 4.69) is 11.3 Å². The third-order valence-corrected chi connectivity index (χ3v) is 4.17. The van der Waals surface area contributed by atoms with E-state index in [0.29, 0.717) is 13.8 Å². The van der Waals surface area contributed by atoms with Gasteiger partial charge in [0.25, 0.3) is 5.60 Å². The van der Waals surface area contributed by atoms with Gasteiger partial charge in [0.15, 0.2) is 0 Å². The van der Waals surface area contributed by atoms with Gasteiger partial charge in [-0.15, -0.1) is 0 Å². The molecule has 194 valence electrons. The molecule has 0 aromatic heterocycles. The second-order valence-corrected chi connectivity index (χ2v) is 8.55. The molecule has 0 N–H and O–H groups in total. The van der Waals surface area contributed by atoms with E-state index >= 15 is 0 Å². The van der Waals surface area contributed by atoms with Crippen LogP contribution in [0.1, 0.15) is 48.5 Å². The van der Waals surface area contributed by atoms with Crippen molar-refractivity contribution in [2.24, 2.45) is 5.41 Å². The van der Waals surface area contributed by atoms with E-state index in [9.17, 15) is 37.1 Å². The lowest BCUT2D eigenvalue weighted by Gasteiger charge is -2.33. The fourth-order valence-electron chi connectivity index (χ4n) is 2.18. The van der Waals surface area contributed by atoms with Crippen molar-refractivity contribution in [2.75, 3.05) is 19.8 Å². The number of esters is 5. The summed E-state index contributed by atoms with van der Waals surface area (Å²) in [5, 5.41) is 0. The first-order valence-corrected chi connectivity index (χ1v) is 9.80. The molecule has 0 saturated carbocycles. The molecule has 34 heavy (non-hydrogen) atoms. The lowest BCUT2D eigenvalue weighted by atomic mass is 9.93. The molecule has 0 aromatic carbocycles. The first-order chi connectivity index (χ1) is 15.2. The van der Waals surface area contributed by atoms with E-state index < -0.39 is 72.5 Å². The van der Waals surface area contributed by atoms with Crippen molar-refractivity contribution in [1.29, 1.82) is 0 Å². The maximum absolute atomic E-state index is 13.4. The number of hydrogen-bond donors (Lipinski definition) is 0. The monoisotopic (exact) mass is 498 g/mol. The van der Waals surface area contributed by atoms with E-state index in [0.717, 1.165) is 6.92 Å². The van der Waals surface area contributed by atoms with Gasteiger partial charge in [0.05, 0.1) is 5.41 Å². The summed E-state index contributed by atoms with van der Waals surface area (Å²) < 4.78 is 64.0. The topological polar surface area (TPSA) is 132 Å². The van der Waals surface area contributed by atoms with Crippen molar-refractivity contribution in [3.63, 3.8) is 0 Å². The summed E-state index contributed by atoms with van der Waals surface area (Å²) in [6, 6.07) is 0. The van der Waals surface area contributed by atoms with Crippen LogP contribution in [-0.2, 0) is 47.7 Å². The minimum atomic E-state index is -5.31. The Hall–Kier alpha value is -3.12. The van der Waals surface area contributed by atoms with Crippen LogP contribution in [0.4, 0.5) is 13.2 Å². The first-order valence-electron chi connectivity index (χ1n) is 9.80. The molecule has 0 heterocycles. The van der Waals surface area contributed by atoms with Gasteiger partial charge in [0.1, 0.15) is 19.8 Å². The summed E-state index contributed by atoms with van der Waals surface area (Å²) in [6.07, 6.45) is -5.31. The van der Waals surface area contributed by atoms with Crippen LogP contribution in [0.15, 0.2) is 12.2 Å². The SMILES string of the molecule is C=C(C)C(=O)OCC(C)(COC(=O)C(C)(C)OC(C)=O)COC(=O)C(C)(OC(C)=O)C(F)(F)F. The summed E-state index contributed by atoms with van der Waals surface area (Å²) in [7, 11) is 0. The number of rotatable bonds is 11. The van der Waals surface area contributed by atoms with Crippen molar-refractivity contribution in [3.05, 3.63) is 12.2 Å². The van der Waals surface area contributed by atoms with E-state index in [1.807, 2.05) is 0 Å². The maximum Gasteiger partial charge on any atom is 0.439 e. The number of hydrogen-bond acceptors (Lipinski definition) is 10. The molecule has 0 saturated heterocycles. The normalized spacial score (nSPS) is 15.1. The quantitative estimate of drug-likeness (QED) is 0.238. The molecule has 0 radical (unpaired) electrons. The Morgan fingerprint density at radius 2 is 1.12 bits per heavy atom. The smallest absolute Gasteiger partial charge is 0.439 e. The van der Waals surface area contributed by atoms with Crippen molar-refractivity contribution in [1.82, 2.24) is 0 Å². The van der Waals surface area contributed by atoms with Crippen LogP contribution < -0.4 is 0 Å². The van der Waals surface area contributed by atoms with Gasteiger partial charge in [0.2, 0.25) is 5.60 Å². The standard InChI is InChI=1S/C21H29F3O10/c1-12(2)15(27)30-9-19(7,10-31-16(28)18(5,6)33-13(3)25)11-32-17(29)20(8,21(22,23)24)34-14(4)26/h1,9-11H2,2-8H3. The molecule has 0 aromatic rings. The van der Waals surface area contributed by atoms with Gasteiger partial charge in [-0.3, -0.25) is 9.59 Å². The van der Waals surface area contributed by atoms with Gasteiger partial charge >= 0.3 is 36.0 Å². The van der Waals surface area contributed by atoms with Gasteiger partial charge < -0.3 is 23.7 Å². The van der Waals surface area contributed by atoms with Crippen molar-refractivity contribution in [3.8, 4) is 0 Å². The summed E-state index contributed by atoms with van der Waals surface area (Å²) in [5.41, 5.74) is -6.86. The summed E-state index contributed by atoms with van der Waals surface area (Å²) in [4.78, 5) is 58.6. The largest absolute Gasteiger partial charge is 0.462 e. The number of carbonyl (C=O) groups is 5. The molecule has 0 rings (SSSR count). The molecule has 0 fully saturated rings. The highest BCUT2D eigenvalue weighted by molar-refractivity contribution is 5.87. The van der Waals surface area contributed by atoms with E-state index in [4.69, 9.17) is 18.9 Å². The van der Waals surface area contributed by atoms with Crippen LogP contribution >= 0.6 is 0 Å². The zero-order valence-electron chi connectivity index (χ0n) is 20.0. The van der Waals surface area contributed by atoms with Crippen molar-refractivity contribution < 1.29 is 60.8 Å². The molecular formula is C21H29F3O10. The molecule has 0 amide bonds. The highest BCUT2D eigenvalue weighted by Crippen LogP contribution is 2.35. The van der Waals surface area contributed by atoms with Gasteiger partial charge in [-0.2, -0.15) is 13.2 Å². The average Bonchev–Trinajstić information content (AvgIpc) is 2.65. The Morgan fingerprint density at radius 3 is 1.50 bits per heavy atom. The van der Waals surface area contributed by atoms with Gasteiger partial charge in [-0.1, -0.05) is 6.58 Å². The van der Waals surface area contributed by atoms with Gasteiger partial charge in [0, 0.05) is 19.4 Å². The zero-order chi connectivity index (χ0) is 27.1. The van der Waals surface area contributed by atoms with E-state index in [-0.39, 0.29) is 5.57 Å². The third-order valence-electron chi connectivity index (χ3n) is 4.17. The van der Waals surface area contributed by atoms with Crippen LogP contribution in [0.2, 0.25) is 0 Å². The average molecular weight is 498 g/mol. The first kappa shape index (κ1) is 30.9. The summed E-state index contributed by atoms with van der Waals surface area (Å²) in [5.74, 6) is -5.97. The Bertz CT molecular complexity index is 833. The van der Waals surface area contributed by atoms with Gasteiger partial charge in [-0.05, 0) is 34.6 Å². The fraction of sp³-hybridized carbons (Fsp3) is 0.667. The Balaban J connectivity index is 5.68. The Labute approximate surface area is 194 Å². The van der Waals surface area contributed by atoms with Gasteiger partial charge in [-0.25, -0.2) is 14.4 Å². The molecule has 0 spiro atoms. The summed E-state index contributed by atoms with van der Waals surface area (Å²) in [6.45, 7) is 8.53. The fourth-order valence-corrected chi connectivity index (χ4v) is 2.18. The van der Waals surface area contributed by atoms with E-state index in [1.165, 1.54) is 27.7 Å². The minimum absolute atomic E-state index is 0.00633. The molecule has 0 aliphatic carbocycles. The van der Waals surface area contributed by atoms with Crippen LogP contribution in [-0.4, -0.2) is 67.0 Å². The molecule has 0 aliphatic rings. The van der Waals surface area contributed by atoms with Crippen LogP contribution in [0.5, 0.6) is 0 Å². The second-order valence-electron chi connectivity index (χ2n) is 8.55. The van der Waals surface area contributed by atoms with Crippen LogP contribution in [0.25, 0.3) is 0 Å². The molecule has 2 atom stereocenters. The number of halogens is 3. The van der Waals surface area contributed by atoms with Crippen molar-refractivity contribution >= 4 is 29.8 Å². The molecule has 0 bridgehead atoms. The number of alkyl halides is 3. The van der Waals surface area contributed by atoms with Crippen LogP contribution in [0.3, 0.4) is 0 Å². The maximum atomic E-state index is 13.4. The van der Waals surface area contributed by atoms with Crippen molar-refractivity contribution in [2.45, 2.75) is 65.8 Å². The molecule has 10 nitrogen and oxygen atoms in total.